The highest BCUT2D eigenvalue weighted by molar-refractivity contribution is 5.92. The van der Waals surface area contributed by atoms with Gasteiger partial charge in [-0.1, -0.05) is 12.1 Å². The van der Waals surface area contributed by atoms with Crippen molar-refractivity contribution in [2.24, 2.45) is 0 Å². The predicted octanol–water partition coefficient (Wildman–Crippen LogP) is 3.68. The van der Waals surface area contributed by atoms with E-state index >= 15 is 0 Å². The Balaban J connectivity index is 1.69. The van der Waals surface area contributed by atoms with Gasteiger partial charge in [0.2, 0.25) is 5.95 Å². The maximum Gasteiger partial charge on any atom is 0.294 e. The van der Waals surface area contributed by atoms with E-state index in [0.717, 1.165) is 23.0 Å². The fraction of sp³-hybridized carbons (Fsp3) is 0.261. The molecule has 0 aliphatic carbocycles. The second-order valence-electron chi connectivity index (χ2n) is 8.03. The minimum absolute atomic E-state index is 0.0463. The molecule has 176 valence electrons. The molecule has 0 aliphatic rings. The Bertz CT molecular complexity index is 1320. The summed E-state index contributed by atoms with van der Waals surface area (Å²) in [7, 11) is 7.24. The van der Waals surface area contributed by atoms with Crippen molar-refractivity contribution in [1.29, 1.82) is 0 Å². The Morgan fingerprint density at radius 2 is 1.97 bits per heavy atom. The number of benzene rings is 2. The van der Waals surface area contributed by atoms with Crippen molar-refractivity contribution in [3.05, 3.63) is 59.0 Å². The molecule has 0 spiro atoms. The quantitative estimate of drug-likeness (QED) is 0.283. The monoisotopic (exact) mass is 462 g/mol. The molecule has 34 heavy (non-hydrogen) atoms. The van der Waals surface area contributed by atoms with E-state index in [1.54, 1.807) is 6.07 Å². The van der Waals surface area contributed by atoms with Crippen molar-refractivity contribution >= 4 is 33.9 Å². The van der Waals surface area contributed by atoms with Gasteiger partial charge in [0.25, 0.3) is 5.69 Å². The van der Waals surface area contributed by atoms with E-state index in [1.807, 2.05) is 61.4 Å². The van der Waals surface area contributed by atoms with Gasteiger partial charge in [-0.15, -0.1) is 0 Å². The van der Waals surface area contributed by atoms with Gasteiger partial charge in [0.1, 0.15) is 17.8 Å². The lowest BCUT2D eigenvalue weighted by Crippen LogP contribution is -2.28. The normalized spacial score (nSPS) is 11.1. The molecule has 0 unspecified atom stereocenters. The molecule has 2 heterocycles. The van der Waals surface area contributed by atoms with Crippen LogP contribution in [0.2, 0.25) is 0 Å². The Labute approximate surface area is 196 Å². The number of para-hydroxylation sites is 1. The average molecular weight is 463 g/mol. The number of nitro benzene ring substituents is 1. The molecule has 4 rings (SSSR count). The Hall–Kier alpha value is -4.25. The van der Waals surface area contributed by atoms with Crippen LogP contribution in [-0.2, 0) is 0 Å². The highest BCUT2D eigenvalue weighted by atomic mass is 16.6. The summed E-state index contributed by atoms with van der Waals surface area (Å²) >= 11 is 0. The van der Waals surface area contributed by atoms with Crippen molar-refractivity contribution in [3.8, 4) is 17.1 Å². The molecule has 0 atom stereocenters. The predicted molar refractivity (Wildman–Crippen MR) is 132 cm³/mol. The first-order valence-electron chi connectivity index (χ1n) is 10.6. The second-order valence-corrected chi connectivity index (χ2v) is 8.03. The zero-order valence-corrected chi connectivity index (χ0v) is 19.4. The van der Waals surface area contributed by atoms with Gasteiger partial charge in [-0.3, -0.25) is 10.1 Å². The number of H-pyrrole nitrogens is 1. The summed E-state index contributed by atoms with van der Waals surface area (Å²) in [6.07, 6.45) is 3.26. The number of fused-ring (bicyclic) bond motifs is 1. The van der Waals surface area contributed by atoms with Crippen LogP contribution in [0.5, 0.6) is 5.75 Å². The van der Waals surface area contributed by atoms with Gasteiger partial charge in [0, 0.05) is 49.4 Å². The van der Waals surface area contributed by atoms with Crippen LogP contribution in [0.3, 0.4) is 0 Å². The number of aromatic nitrogens is 4. The number of nitro groups is 1. The first kappa shape index (κ1) is 22.9. The minimum atomic E-state index is -0.406. The van der Waals surface area contributed by atoms with Crippen LogP contribution in [-0.4, -0.2) is 71.1 Å². The Kier molecular flexibility index (Phi) is 6.55. The molecule has 0 aliphatic heterocycles. The van der Waals surface area contributed by atoms with Crippen LogP contribution >= 0.6 is 0 Å². The van der Waals surface area contributed by atoms with Gasteiger partial charge in [0.15, 0.2) is 5.82 Å². The van der Waals surface area contributed by atoms with E-state index in [9.17, 15) is 10.1 Å². The smallest absolute Gasteiger partial charge is 0.294 e. The maximum atomic E-state index is 11.9. The topological polar surface area (TPSA) is 125 Å². The molecule has 2 aromatic heterocycles. The lowest BCUT2D eigenvalue weighted by molar-refractivity contribution is -0.384. The summed E-state index contributed by atoms with van der Waals surface area (Å²) in [5.74, 6) is 1.15. The molecule has 2 N–H and O–H groups in total. The number of likely N-dealkylation sites (N-methyl/N-ethyl adjacent to an activating group) is 2. The molecule has 0 saturated carbocycles. The number of nitrogens with zero attached hydrogens (tertiary/aromatic N) is 6. The third-order valence-corrected chi connectivity index (χ3v) is 5.43. The lowest BCUT2D eigenvalue weighted by atomic mass is 10.1. The van der Waals surface area contributed by atoms with Gasteiger partial charge in [0.05, 0.1) is 23.2 Å². The second kappa shape index (κ2) is 9.71. The zero-order chi connectivity index (χ0) is 24.2. The number of nitrogens with one attached hydrogen (secondary N) is 2. The number of anilines is 3. The summed E-state index contributed by atoms with van der Waals surface area (Å²) in [6, 6.07) is 10.9. The van der Waals surface area contributed by atoms with Gasteiger partial charge in [-0.05, 0) is 26.2 Å². The van der Waals surface area contributed by atoms with Crippen molar-refractivity contribution < 1.29 is 9.66 Å². The third kappa shape index (κ3) is 4.74. The molecule has 0 fully saturated rings. The summed E-state index contributed by atoms with van der Waals surface area (Å²) in [4.78, 5) is 31.5. The summed E-state index contributed by atoms with van der Waals surface area (Å²) in [5.41, 5.74) is 2.54. The van der Waals surface area contributed by atoms with Crippen molar-refractivity contribution in [2.45, 2.75) is 0 Å². The van der Waals surface area contributed by atoms with Crippen LogP contribution in [0.4, 0.5) is 23.0 Å². The summed E-state index contributed by atoms with van der Waals surface area (Å²) in [6.45, 7) is 1.36. The number of ether oxygens (including phenoxy) is 1. The van der Waals surface area contributed by atoms with Crippen molar-refractivity contribution in [1.82, 2.24) is 24.8 Å². The molecule has 0 amide bonds. The molecule has 11 heteroatoms. The van der Waals surface area contributed by atoms with E-state index in [2.05, 4.69) is 25.3 Å². The third-order valence-electron chi connectivity index (χ3n) is 5.43. The number of hydrogen-bond donors (Lipinski definition) is 2. The Morgan fingerprint density at radius 3 is 2.71 bits per heavy atom. The SMILES string of the molecule is COc1cc(N(C)CCN(C)C)c([N+](=O)[O-])cc1Nc1ncnc(-c2cccc3cc[nH]c23)n1. The van der Waals surface area contributed by atoms with Crippen molar-refractivity contribution in [2.75, 3.05) is 51.6 Å². The molecule has 4 aromatic rings. The molecular weight excluding hydrogens is 436 g/mol. The van der Waals surface area contributed by atoms with Gasteiger partial charge >= 0.3 is 0 Å². The zero-order valence-electron chi connectivity index (χ0n) is 19.4. The van der Waals surface area contributed by atoms with Crippen LogP contribution in [0.25, 0.3) is 22.3 Å². The molecular formula is C23H26N8O3. The van der Waals surface area contributed by atoms with Gasteiger partial charge in [-0.25, -0.2) is 9.97 Å². The first-order valence-corrected chi connectivity index (χ1v) is 10.6. The van der Waals surface area contributed by atoms with E-state index in [-0.39, 0.29) is 11.6 Å². The van der Waals surface area contributed by atoms with Crippen LogP contribution in [0, 0.1) is 10.1 Å². The molecule has 0 bridgehead atoms. The number of hydrogen-bond acceptors (Lipinski definition) is 9. The van der Waals surface area contributed by atoms with Crippen molar-refractivity contribution in [3.63, 3.8) is 0 Å². The van der Waals surface area contributed by atoms with E-state index < -0.39 is 4.92 Å². The standard InChI is InChI=1S/C23H26N8O3/c1-29(2)10-11-30(3)18-13-20(34-4)17(12-19(18)31(32)33)27-23-26-14-25-22(28-23)16-7-5-6-15-8-9-24-21(15)16/h5-9,12-14,24H,10-11H2,1-4H3,(H,25,26,27,28). The first-order chi connectivity index (χ1) is 16.4. The van der Waals surface area contributed by atoms with Gasteiger partial charge in [-0.2, -0.15) is 4.98 Å². The van der Waals surface area contributed by atoms with E-state index in [0.29, 0.717) is 29.5 Å². The maximum absolute atomic E-state index is 11.9. The van der Waals surface area contributed by atoms with Gasteiger partial charge < -0.3 is 24.8 Å². The lowest BCUT2D eigenvalue weighted by Gasteiger charge is -2.22. The number of methoxy groups -OCH3 is 1. The van der Waals surface area contributed by atoms with Crippen LogP contribution in [0.15, 0.2) is 48.9 Å². The van der Waals surface area contributed by atoms with E-state index in [1.165, 1.54) is 19.5 Å². The molecule has 0 radical (unpaired) electrons. The fourth-order valence-electron chi connectivity index (χ4n) is 3.62. The highest BCUT2D eigenvalue weighted by Gasteiger charge is 2.22. The average Bonchev–Trinajstić information content (AvgIpc) is 3.31. The largest absolute Gasteiger partial charge is 0.494 e. The molecule has 0 saturated heterocycles. The Morgan fingerprint density at radius 1 is 1.15 bits per heavy atom. The summed E-state index contributed by atoms with van der Waals surface area (Å²) < 4.78 is 5.53. The van der Waals surface area contributed by atoms with Crippen LogP contribution < -0.4 is 15.0 Å². The molecule has 11 nitrogen and oxygen atoms in total. The minimum Gasteiger partial charge on any atom is -0.494 e. The van der Waals surface area contributed by atoms with E-state index in [4.69, 9.17) is 4.74 Å². The fourth-order valence-corrected chi connectivity index (χ4v) is 3.62. The van der Waals surface area contributed by atoms with Crippen LogP contribution in [0.1, 0.15) is 0 Å². The number of aromatic amines is 1. The number of rotatable bonds is 9. The highest BCUT2D eigenvalue weighted by Crippen LogP contribution is 2.39. The molecule has 2 aromatic carbocycles. The summed E-state index contributed by atoms with van der Waals surface area (Å²) in [5, 5.41) is 16.0.